The molecule has 15 heavy (non-hydrogen) atoms. The summed E-state index contributed by atoms with van der Waals surface area (Å²) in [6, 6.07) is 5.35. The Hall–Kier alpha value is -0.530. The van der Waals surface area contributed by atoms with Crippen molar-refractivity contribution in [3.63, 3.8) is 0 Å². The van der Waals surface area contributed by atoms with Crippen LogP contribution in [0.5, 0.6) is 0 Å². The van der Waals surface area contributed by atoms with Gasteiger partial charge in [-0.05, 0) is 30.0 Å². The van der Waals surface area contributed by atoms with Gasteiger partial charge in [0.25, 0.3) is 0 Å². The van der Waals surface area contributed by atoms with Crippen LogP contribution in [0.4, 0.5) is 0 Å². The van der Waals surface area contributed by atoms with Crippen LogP contribution in [0.15, 0.2) is 18.2 Å². The van der Waals surface area contributed by atoms with Gasteiger partial charge in [0.1, 0.15) is 0 Å². The minimum atomic E-state index is -0.146. The van der Waals surface area contributed by atoms with E-state index >= 15 is 0 Å². The molecule has 1 unspecified atom stereocenters. The van der Waals surface area contributed by atoms with Crippen LogP contribution in [0, 0.1) is 5.92 Å². The quantitative estimate of drug-likeness (QED) is 0.780. The highest BCUT2D eigenvalue weighted by Gasteiger charge is 2.26. The average molecular weight is 242 g/mol. The minimum absolute atomic E-state index is 0.146. The molecule has 2 rings (SSSR count). The third-order valence-electron chi connectivity index (χ3n) is 2.75. The SMILES string of the molecule is O=[C]C(CC1CC1)c1ccc(Cl)c(Cl)c1. The van der Waals surface area contributed by atoms with Crippen LogP contribution in [-0.4, -0.2) is 6.29 Å². The monoisotopic (exact) mass is 241 g/mol. The maximum atomic E-state index is 10.9. The van der Waals surface area contributed by atoms with Crippen LogP contribution >= 0.6 is 23.2 Å². The van der Waals surface area contributed by atoms with Gasteiger partial charge in [-0.25, -0.2) is 0 Å². The van der Waals surface area contributed by atoms with E-state index < -0.39 is 0 Å². The highest BCUT2D eigenvalue weighted by Crippen LogP contribution is 2.38. The molecule has 0 aliphatic heterocycles. The number of halogens is 2. The molecule has 79 valence electrons. The molecular weight excluding hydrogens is 231 g/mol. The molecular formula is C12H11Cl2O. The first-order valence-electron chi connectivity index (χ1n) is 5.03. The predicted molar refractivity (Wildman–Crippen MR) is 62.2 cm³/mol. The van der Waals surface area contributed by atoms with Gasteiger partial charge in [-0.3, -0.25) is 4.79 Å². The summed E-state index contributed by atoms with van der Waals surface area (Å²) in [6.07, 6.45) is 5.45. The molecule has 1 aliphatic rings. The maximum absolute atomic E-state index is 10.9. The summed E-state index contributed by atoms with van der Waals surface area (Å²) in [6.45, 7) is 0. The van der Waals surface area contributed by atoms with E-state index in [1.54, 1.807) is 12.1 Å². The smallest absolute Gasteiger partial charge is 0.206 e. The summed E-state index contributed by atoms with van der Waals surface area (Å²) in [5.74, 6) is 0.554. The van der Waals surface area contributed by atoms with Gasteiger partial charge in [0, 0.05) is 0 Å². The summed E-state index contributed by atoms with van der Waals surface area (Å²) in [5, 5.41) is 1.03. The van der Waals surface area contributed by atoms with E-state index in [0.717, 1.165) is 12.0 Å². The maximum Gasteiger partial charge on any atom is 0.206 e. The van der Waals surface area contributed by atoms with Crippen LogP contribution in [0.25, 0.3) is 0 Å². The molecule has 1 atom stereocenters. The summed E-state index contributed by atoms with van der Waals surface area (Å²) < 4.78 is 0. The summed E-state index contributed by atoms with van der Waals surface area (Å²) in [4.78, 5) is 10.9. The van der Waals surface area contributed by atoms with Crippen molar-refractivity contribution in [1.82, 2.24) is 0 Å². The van der Waals surface area contributed by atoms with Crippen molar-refractivity contribution in [3.05, 3.63) is 33.8 Å². The first kappa shape index (κ1) is 11.0. The van der Waals surface area contributed by atoms with Gasteiger partial charge >= 0.3 is 0 Å². The van der Waals surface area contributed by atoms with E-state index in [4.69, 9.17) is 23.2 Å². The Morgan fingerprint density at radius 1 is 1.33 bits per heavy atom. The van der Waals surface area contributed by atoms with Crippen LogP contribution in [-0.2, 0) is 4.79 Å². The lowest BCUT2D eigenvalue weighted by molar-refractivity contribution is 0.530. The number of rotatable bonds is 4. The summed E-state index contributed by atoms with van der Waals surface area (Å²) >= 11 is 11.7. The van der Waals surface area contributed by atoms with E-state index in [1.165, 1.54) is 12.8 Å². The zero-order valence-corrected chi connectivity index (χ0v) is 9.68. The van der Waals surface area contributed by atoms with Crippen molar-refractivity contribution < 1.29 is 4.79 Å². The van der Waals surface area contributed by atoms with Gasteiger partial charge in [0.2, 0.25) is 6.29 Å². The standard InChI is InChI=1S/C12H11Cl2O/c13-11-4-3-9(6-12(11)14)10(7-15)5-8-1-2-8/h3-4,6,8,10H,1-2,5H2. The molecule has 1 radical (unpaired) electrons. The third kappa shape index (κ3) is 2.73. The number of benzene rings is 1. The number of hydrogen-bond acceptors (Lipinski definition) is 1. The largest absolute Gasteiger partial charge is 0.290 e. The van der Waals surface area contributed by atoms with E-state index in [2.05, 4.69) is 6.29 Å². The van der Waals surface area contributed by atoms with Gasteiger partial charge in [-0.15, -0.1) is 0 Å². The number of hydrogen-bond donors (Lipinski definition) is 0. The van der Waals surface area contributed by atoms with Gasteiger partial charge in [0.15, 0.2) is 0 Å². The molecule has 0 bridgehead atoms. The lowest BCUT2D eigenvalue weighted by Gasteiger charge is -2.09. The molecule has 1 aliphatic carbocycles. The van der Waals surface area contributed by atoms with Crippen LogP contribution < -0.4 is 0 Å². The fraction of sp³-hybridized carbons (Fsp3) is 0.417. The minimum Gasteiger partial charge on any atom is -0.290 e. The van der Waals surface area contributed by atoms with Gasteiger partial charge in [-0.1, -0.05) is 42.1 Å². The second kappa shape index (κ2) is 4.54. The Balaban J connectivity index is 2.17. The second-order valence-corrected chi connectivity index (χ2v) is 4.84. The van der Waals surface area contributed by atoms with Crippen molar-refractivity contribution in [1.29, 1.82) is 0 Å². The lowest BCUT2D eigenvalue weighted by atomic mass is 9.95. The number of carbonyl (C=O) groups excluding carboxylic acids is 1. The molecule has 1 saturated carbocycles. The molecule has 1 nitrogen and oxygen atoms in total. The van der Waals surface area contributed by atoms with E-state index in [9.17, 15) is 4.79 Å². The molecule has 0 aromatic heterocycles. The van der Waals surface area contributed by atoms with Crippen molar-refractivity contribution in [2.45, 2.75) is 25.2 Å². The normalized spacial score (nSPS) is 17.5. The zero-order valence-electron chi connectivity index (χ0n) is 8.17. The van der Waals surface area contributed by atoms with Gasteiger partial charge in [-0.2, -0.15) is 0 Å². The van der Waals surface area contributed by atoms with Crippen molar-refractivity contribution in [2.24, 2.45) is 5.92 Å². The van der Waals surface area contributed by atoms with Crippen LogP contribution in [0.2, 0.25) is 10.0 Å². The van der Waals surface area contributed by atoms with Crippen molar-refractivity contribution in [3.8, 4) is 0 Å². The average Bonchev–Trinajstić information content (AvgIpc) is 3.02. The molecule has 1 aromatic rings. The summed E-state index contributed by atoms with van der Waals surface area (Å²) in [5.41, 5.74) is 0.923. The molecule has 0 amide bonds. The predicted octanol–water partition coefficient (Wildman–Crippen LogP) is 3.99. The molecule has 0 spiro atoms. The third-order valence-corrected chi connectivity index (χ3v) is 3.49. The van der Waals surface area contributed by atoms with E-state index in [1.807, 2.05) is 6.07 Å². The van der Waals surface area contributed by atoms with Crippen molar-refractivity contribution in [2.75, 3.05) is 0 Å². The van der Waals surface area contributed by atoms with E-state index in [0.29, 0.717) is 16.0 Å². The topological polar surface area (TPSA) is 17.1 Å². The second-order valence-electron chi connectivity index (χ2n) is 4.02. The molecule has 0 saturated heterocycles. The van der Waals surface area contributed by atoms with Gasteiger partial charge in [0.05, 0.1) is 16.0 Å². The van der Waals surface area contributed by atoms with Crippen LogP contribution in [0.3, 0.4) is 0 Å². The Kier molecular flexibility index (Phi) is 3.32. The van der Waals surface area contributed by atoms with E-state index in [-0.39, 0.29) is 5.92 Å². The fourth-order valence-electron chi connectivity index (χ4n) is 1.67. The highest BCUT2D eigenvalue weighted by atomic mass is 35.5. The lowest BCUT2D eigenvalue weighted by Crippen LogP contribution is -2.01. The Bertz CT molecular complexity index is 372. The summed E-state index contributed by atoms with van der Waals surface area (Å²) in [7, 11) is 0. The Labute approximate surface area is 99.4 Å². The molecule has 0 N–H and O–H groups in total. The Morgan fingerprint density at radius 2 is 2.07 bits per heavy atom. The molecule has 0 heterocycles. The zero-order chi connectivity index (χ0) is 10.8. The molecule has 3 heteroatoms. The highest BCUT2D eigenvalue weighted by molar-refractivity contribution is 6.42. The van der Waals surface area contributed by atoms with Gasteiger partial charge < -0.3 is 0 Å². The van der Waals surface area contributed by atoms with Crippen LogP contribution in [0.1, 0.15) is 30.7 Å². The first-order valence-corrected chi connectivity index (χ1v) is 5.79. The Morgan fingerprint density at radius 3 is 2.60 bits per heavy atom. The molecule has 1 aromatic carbocycles. The fourth-order valence-corrected chi connectivity index (χ4v) is 1.97. The first-order chi connectivity index (χ1) is 7.20. The molecule has 1 fully saturated rings. The van der Waals surface area contributed by atoms with Crippen molar-refractivity contribution >= 4 is 29.5 Å².